The Morgan fingerprint density at radius 1 is 1.05 bits per heavy atom. The smallest absolute Gasteiger partial charge is 0.0499 e. The van der Waals surface area contributed by atoms with Crippen molar-refractivity contribution in [1.82, 2.24) is 5.32 Å². The molecule has 0 radical (unpaired) electrons. The molecule has 0 bridgehead atoms. The summed E-state index contributed by atoms with van der Waals surface area (Å²) < 4.78 is 0. The van der Waals surface area contributed by atoms with Gasteiger partial charge in [-0.1, -0.05) is 47.5 Å². The lowest BCUT2D eigenvalue weighted by Gasteiger charge is -2.26. The predicted molar refractivity (Wildman–Crippen MR) is 86.8 cm³/mol. The van der Waals surface area contributed by atoms with E-state index in [9.17, 15) is 0 Å². The molecular weight excluding hydrogens is 289 g/mol. The van der Waals surface area contributed by atoms with Gasteiger partial charge in [0.1, 0.15) is 0 Å². The number of rotatable bonds is 2. The maximum Gasteiger partial charge on any atom is 0.0499 e. The maximum atomic E-state index is 6.37. The maximum absolute atomic E-state index is 6.37. The minimum atomic E-state index is 0.569. The van der Waals surface area contributed by atoms with Crippen LogP contribution in [0.2, 0.25) is 10.0 Å². The van der Waals surface area contributed by atoms with E-state index in [1.54, 1.807) is 0 Å². The van der Waals surface area contributed by atoms with Gasteiger partial charge >= 0.3 is 0 Å². The van der Waals surface area contributed by atoms with E-state index >= 15 is 0 Å². The van der Waals surface area contributed by atoms with E-state index in [0.29, 0.717) is 6.04 Å². The van der Waals surface area contributed by atoms with Crippen LogP contribution < -0.4 is 5.32 Å². The predicted octanol–water partition coefficient (Wildman–Crippen LogP) is 4.74. The lowest BCUT2D eigenvalue weighted by Crippen LogP contribution is -2.31. The minimum Gasteiger partial charge on any atom is -0.317 e. The number of benzene rings is 2. The molecule has 2 aromatic rings. The molecule has 1 atom stereocenters. The van der Waals surface area contributed by atoms with Crippen molar-refractivity contribution in [2.45, 2.75) is 25.3 Å². The third-order valence-electron chi connectivity index (χ3n) is 4.12. The van der Waals surface area contributed by atoms with Crippen molar-refractivity contribution in [2.75, 3.05) is 7.05 Å². The zero-order chi connectivity index (χ0) is 14.1. The lowest BCUT2D eigenvalue weighted by molar-refractivity contribution is 0.497. The van der Waals surface area contributed by atoms with Crippen LogP contribution >= 0.6 is 23.2 Å². The van der Waals surface area contributed by atoms with Gasteiger partial charge in [-0.15, -0.1) is 0 Å². The van der Waals surface area contributed by atoms with Crippen LogP contribution in [0.5, 0.6) is 0 Å². The van der Waals surface area contributed by atoms with E-state index in [0.717, 1.165) is 34.9 Å². The first-order valence-corrected chi connectivity index (χ1v) is 7.68. The summed E-state index contributed by atoms with van der Waals surface area (Å²) in [5, 5.41) is 4.82. The Kier molecular flexibility index (Phi) is 4.02. The average molecular weight is 306 g/mol. The van der Waals surface area contributed by atoms with Gasteiger partial charge < -0.3 is 5.32 Å². The SMILES string of the molecule is CNC1CCc2c(cccc2-c2c(Cl)cccc2Cl)C1. The molecule has 0 aliphatic heterocycles. The summed E-state index contributed by atoms with van der Waals surface area (Å²) in [5.41, 5.74) is 4.96. The van der Waals surface area contributed by atoms with Crippen LogP contribution in [0.25, 0.3) is 11.1 Å². The summed E-state index contributed by atoms with van der Waals surface area (Å²) in [6, 6.07) is 12.7. The van der Waals surface area contributed by atoms with E-state index in [1.165, 1.54) is 16.7 Å². The number of halogens is 2. The molecule has 3 heteroatoms. The Balaban J connectivity index is 2.13. The fraction of sp³-hybridized carbons (Fsp3) is 0.294. The molecule has 1 unspecified atom stereocenters. The fourth-order valence-corrected chi connectivity index (χ4v) is 3.64. The Bertz CT molecular complexity index is 617. The summed E-state index contributed by atoms with van der Waals surface area (Å²) >= 11 is 12.7. The highest BCUT2D eigenvalue weighted by atomic mass is 35.5. The monoisotopic (exact) mass is 305 g/mol. The first kappa shape index (κ1) is 13.9. The van der Waals surface area contributed by atoms with Gasteiger partial charge in [-0.05, 0) is 55.1 Å². The summed E-state index contributed by atoms with van der Waals surface area (Å²) in [6.07, 6.45) is 3.29. The van der Waals surface area contributed by atoms with E-state index in [-0.39, 0.29) is 0 Å². The second-order valence-electron chi connectivity index (χ2n) is 5.27. The molecule has 0 saturated heterocycles. The van der Waals surface area contributed by atoms with Gasteiger partial charge in [0.05, 0.1) is 0 Å². The van der Waals surface area contributed by atoms with Gasteiger partial charge in [0.15, 0.2) is 0 Å². The van der Waals surface area contributed by atoms with Gasteiger partial charge in [-0.25, -0.2) is 0 Å². The number of fused-ring (bicyclic) bond motifs is 1. The minimum absolute atomic E-state index is 0.569. The van der Waals surface area contributed by atoms with Crippen LogP contribution in [0.3, 0.4) is 0 Å². The molecule has 2 aromatic carbocycles. The summed E-state index contributed by atoms with van der Waals surface area (Å²) in [5.74, 6) is 0. The highest BCUT2D eigenvalue weighted by Gasteiger charge is 2.21. The normalized spacial score (nSPS) is 17.9. The summed E-state index contributed by atoms with van der Waals surface area (Å²) in [7, 11) is 2.03. The van der Waals surface area contributed by atoms with Crippen LogP contribution in [0.1, 0.15) is 17.5 Å². The van der Waals surface area contributed by atoms with Gasteiger partial charge in [-0.3, -0.25) is 0 Å². The number of likely N-dealkylation sites (N-methyl/N-ethyl adjacent to an activating group) is 1. The molecule has 0 saturated carbocycles. The van der Waals surface area contributed by atoms with Crippen molar-refractivity contribution >= 4 is 23.2 Å². The van der Waals surface area contributed by atoms with Crippen molar-refractivity contribution in [3.05, 3.63) is 57.6 Å². The Morgan fingerprint density at radius 2 is 1.75 bits per heavy atom. The third-order valence-corrected chi connectivity index (χ3v) is 4.75. The van der Waals surface area contributed by atoms with Crippen LogP contribution in [0.4, 0.5) is 0 Å². The first-order valence-electron chi connectivity index (χ1n) is 6.93. The summed E-state index contributed by atoms with van der Waals surface area (Å²) in [4.78, 5) is 0. The molecule has 1 N–H and O–H groups in total. The molecule has 0 heterocycles. The van der Waals surface area contributed by atoms with E-state index in [1.807, 2.05) is 25.2 Å². The van der Waals surface area contributed by atoms with Gasteiger partial charge in [0.25, 0.3) is 0 Å². The zero-order valence-electron chi connectivity index (χ0n) is 11.4. The van der Waals surface area contributed by atoms with Crippen molar-refractivity contribution in [3.8, 4) is 11.1 Å². The second kappa shape index (κ2) is 5.77. The highest BCUT2D eigenvalue weighted by molar-refractivity contribution is 6.39. The number of hydrogen-bond acceptors (Lipinski definition) is 1. The molecule has 0 spiro atoms. The van der Waals surface area contributed by atoms with Crippen molar-refractivity contribution in [2.24, 2.45) is 0 Å². The van der Waals surface area contributed by atoms with Gasteiger partial charge in [0.2, 0.25) is 0 Å². The Labute approximate surface area is 129 Å². The second-order valence-corrected chi connectivity index (χ2v) is 6.08. The third kappa shape index (κ3) is 2.46. The molecule has 20 heavy (non-hydrogen) atoms. The molecular formula is C17H17Cl2N. The van der Waals surface area contributed by atoms with E-state index in [2.05, 4.69) is 23.5 Å². The quantitative estimate of drug-likeness (QED) is 0.845. The molecule has 0 fully saturated rings. The molecule has 1 aliphatic rings. The number of hydrogen-bond donors (Lipinski definition) is 1. The largest absolute Gasteiger partial charge is 0.317 e. The lowest BCUT2D eigenvalue weighted by atomic mass is 9.83. The fourth-order valence-electron chi connectivity index (χ4n) is 3.04. The topological polar surface area (TPSA) is 12.0 Å². The standard InChI is InChI=1S/C17H17Cl2N/c1-20-12-8-9-13-11(10-12)4-2-5-14(13)17-15(18)6-3-7-16(17)19/h2-7,12,20H,8-10H2,1H3. The first-order chi connectivity index (χ1) is 9.70. The van der Waals surface area contributed by atoms with E-state index < -0.39 is 0 Å². The van der Waals surface area contributed by atoms with Gasteiger partial charge in [-0.2, -0.15) is 0 Å². The Morgan fingerprint density at radius 3 is 2.45 bits per heavy atom. The molecule has 0 aromatic heterocycles. The summed E-state index contributed by atoms with van der Waals surface area (Å²) in [6.45, 7) is 0. The zero-order valence-corrected chi connectivity index (χ0v) is 12.9. The molecule has 1 nitrogen and oxygen atoms in total. The molecule has 104 valence electrons. The molecule has 0 amide bonds. The van der Waals surface area contributed by atoms with Crippen LogP contribution in [0, 0.1) is 0 Å². The number of nitrogens with one attached hydrogen (secondary N) is 1. The van der Waals surface area contributed by atoms with Crippen LogP contribution in [0.15, 0.2) is 36.4 Å². The van der Waals surface area contributed by atoms with Crippen molar-refractivity contribution in [1.29, 1.82) is 0 Å². The van der Waals surface area contributed by atoms with Crippen molar-refractivity contribution in [3.63, 3.8) is 0 Å². The molecule has 3 rings (SSSR count). The Hall–Kier alpha value is -1.02. The van der Waals surface area contributed by atoms with E-state index in [4.69, 9.17) is 23.2 Å². The molecule has 1 aliphatic carbocycles. The van der Waals surface area contributed by atoms with Crippen LogP contribution in [-0.2, 0) is 12.8 Å². The van der Waals surface area contributed by atoms with Crippen molar-refractivity contribution < 1.29 is 0 Å². The van der Waals surface area contributed by atoms with Gasteiger partial charge in [0, 0.05) is 21.7 Å². The highest BCUT2D eigenvalue weighted by Crippen LogP contribution is 2.39. The average Bonchev–Trinajstić information content (AvgIpc) is 2.46. The van der Waals surface area contributed by atoms with Crippen LogP contribution in [-0.4, -0.2) is 13.1 Å².